The van der Waals surface area contributed by atoms with Gasteiger partial charge in [0.15, 0.2) is 11.6 Å². The molecule has 2 heterocycles. The third-order valence-electron chi connectivity index (χ3n) is 3.14. The van der Waals surface area contributed by atoms with Gasteiger partial charge in [-0.2, -0.15) is 0 Å². The molecule has 1 N–H and O–H groups in total. The minimum atomic E-state index is -0.624. The van der Waals surface area contributed by atoms with Crippen LogP contribution in [0, 0.1) is 12.7 Å². The Morgan fingerprint density at radius 1 is 1.26 bits per heavy atom. The molecule has 0 saturated carbocycles. The molecular weight excluding hydrogens is 243 g/mol. The highest BCUT2D eigenvalue weighted by Gasteiger charge is 2.10. The molecule has 2 aromatic heterocycles. The van der Waals surface area contributed by atoms with Crippen LogP contribution in [0.15, 0.2) is 42.7 Å². The first kappa shape index (κ1) is 11.7. The van der Waals surface area contributed by atoms with E-state index >= 15 is 0 Å². The molecule has 19 heavy (non-hydrogen) atoms. The summed E-state index contributed by atoms with van der Waals surface area (Å²) >= 11 is 0. The van der Waals surface area contributed by atoms with Crippen LogP contribution in [0.5, 0.6) is 5.75 Å². The molecule has 95 valence electrons. The molecule has 3 rings (SSSR count). The summed E-state index contributed by atoms with van der Waals surface area (Å²) in [5.41, 5.74) is 2.97. The first-order chi connectivity index (χ1) is 9.20. The standard InChI is InChI=1S/C15H12FN2O/c1-2-11-8-17-14-7-6-10(9-18(11)14)12-4-3-5-13(16)15(12)19/h3-9,19H,1-2H2. The van der Waals surface area contributed by atoms with E-state index in [9.17, 15) is 9.50 Å². The molecule has 0 fully saturated rings. The molecule has 0 aliphatic heterocycles. The van der Waals surface area contributed by atoms with E-state index in [-0.39, 0.29) is 5.75 Å². The highest BCUT2D eigenvalue weighted by Crippen LogP contribution is 2.31. The number of hydrogen-bond donors (Lipinski definition) is 1. The van der Waals surface area contributed by atoms with Crippen LogP contribution in [0.4, 0.5) is 4.39 Å². The first-order valence-electron chi connectivity index (χ1n) is 5.94. The van der Waals surface area contributed by atoms with Crippen molar-refractivity contribution in [3.63, 3.8) is 0 Å². The van der Waals surface area contributed by atoms with Crippen LogP contribution in [0.2, 0.25) is 0 Å². The lowest BCUT2D eigenvalue weighted by molar-refractivity contribution is 0.434. The summed E-state index contributed by atoms with van der Waals surface area (Å²) in [6, 6.07) is 8.13. The summed E-state index contributed by atoms with van der Waals surface area (Å²) in [6.07, 6.45) is 4.20. The summed E-state index contributed by atoms with van der Waals surface area (Å²) in [5.74, 6) is -0.959. The van der Waals surface area contributed by atoms with Crippen molar-refractivity contribution in [2.24, 2.45) is 0 Å². The topological polar surface area (TPSA) is 37.5 Å². The maximum atomic E-state index is 13.4. The molecule has 0 amide bonds. The second kappa shape index (κ2) is 4.39. The number of aromatic hydroxyl groups is 1. The van der Waals surface area contributed by atoms with E-state index in [1.54, 1.807) is 18.3 Å². The molecule has 0 spiro atoms. The van der Waals surface area contributed by atoms with Crippen molar-refractivity contribution in [1.29, 1.82) is 0 Å². The van der Waals surface area contributed by atoms with Gasteiger partial charge in [-0.1, -0.05) is 12.1 Å². The Labute approximate surface area is 110 Å². The van der Waals surface area contributed by atoms with Crippen molar-refractivity contribution in [2.45, 2.75) is 6.42 Å². The number of fused-ring (bicyclic) bond motifs is 1. The average Bonchev–Trinajstić information content (AvgIpc) is 2.84. The van der Waals surface area contributed by atoms with E-state index < -0.39 is 5.82 Å². The van der Waals surface area contributed by atoms with E-state index in [4.69, 9.17) is 0 Å². The molecule has 0 atom stereocenters. The number of aromatic nitrogens is 2. The Hall–Kier alpha value is -2.36. The van der Waals surface area contributed by atoms with E-state index in [0.29, 0.717) is 12.0 Å². The van der Waals surface area contributed by atoms with Gasteiger partial charge in [-0.25, -0.2) is 9.37 Å². The van der Waals surface area contributed by atoms with E-state index in [2.05, 4.69) is 11.9 Å². The lowest BCUT2D eigenvalue weighted by Gasteiger charge is -2.07. The number of benzene rings is 1. The molecule has 0 aliphatic rings. The van der Waals surface area contributed by atoms with Gasteiger partial charge in [0.1, 0.15) is 5.65 Å². The zero-order valence-electron chi connectivity index (χ0n) is 10.2. The monoisotopic (exact) mass is 255 g/mol. The third-order valence-corrected chi connectivity index (χ3v) is 3.14. The lowest BCUT2D eigenvalue weighted by atomic mass is 10.1. The molecule has 0 bridgehead atoms. The number of nitrogens with zero attached hydrogens (tertiary/aromatic N) is 2. The van der Waals surface area contributed by atoms with Gasteiger partial charge in [0.2, 0.25) is 0 Å². The smallest absolute Gasteiger partial charge is 0.165 e. The zero-order chi connectivity index (χ0) is 13.4. The van der Waals surface area contributed by atoms with Crippen LogP contribution >= 0.6 is 0 Å². The van der Waals surface area contributed by atoms with Crippen LogP contribution in [0.25, 0.3) is 16.8 Å². The van der Waals surface area contributed by atoms with E-state index in [1.807, 2.05) is 22.7 Å². The van der Waals surface area contributed by atoms with Crippen molar-refractivity contribution in [3.05, 3.63) is 61.2 Å². The highest BCUT2D eigenvalue weighted by atomic mass is 19.1. The van der Waals surface area contributed by atoms with Gasteiger partial charge >= 0.3 is 0 Å². The summed E-state index contributed by atoms with van der Waals surface area (Å²) < 4.78 is 15.3. The summed E-state index contributed by atoms with van der Waals surface area (Å²) in [6.45, 7) is 3.84. The Morgan fingerprint density at radius 3 is 2.89 bits per heavy atom. The Morgan fingerprint density at radius 2 is 2.11 bits per heavy atom. The molecule has 0 unspecified atom stereocenters. The number of halogens is 1. The molecule has 3 aromatic rings. The van der Waals surface area contributed by atoms with Crippen molar-refractivity contribution < 1.29 is 9.50 Å². The number of para-hydroxylation sites is 1. The van der Waals surface area contributed by atoms with Gasteiger partial charge in [-0.15, -0.1) is 0 Å². The fraction of sp³-hybridized carbons (Fsp3) is 0.0667. The minimum absolute atomic E-state index is 0.335. The highest BCUT2D eigenvalue weighted by molar-refractivity contribution is 5.71. The van der Waals surface area contributed by atoms with Crippen molar-refractivity contribution in [3.8, 4) is 16.9 Å². The summed E-state index contributed by atoms with van der Waals surface area (Å²) in [4.78, 5) is 4.25. The van der Waals surface area contributed by atoms with E-state index in [1.165, 1.54) is 6.07 Å². The molecule has 1 aromatic carbocycles. The molecule has 3 nitrogen and oxygen atoms in total. The molecule has 1 radical (unpaired) electrons. The average molecular weight is 255 g/mol. The SMILES string of the molecule is [CH2]Cc1cnc2ccc(-c3cccc(F)c3O)cn12. The molecule has 4 heteroatoms. The number of phenolic OH excluding ortho intramolecular Hbond substituents is 1. The number of rotatable bonds is 2. The summed E-state index contributed by atoms with van der Waals surface area (Å²) in [5, 5.41) is 9.79. The predicted molar refractivity (Wildman–Crippen MR) is 71.3 cm³/mol. The van der Waals surface area contributed by atoms with Gasteiger partial charge in [0.25, 0.3) is 0 Å². The Balaban J connectivity index is 2.22. The van der Waals surface area contributed by atoms with Crippen LogP contribution in [-0.2, 0) is 6.42 Å². The van der Waals surface area contributed by atoms with E-state index in [0.717, 1.165) is 16.9 Å². The summed E-state index contributed by atoms with van der Waals surface area (Å²) in [7, 11) is 0. The predicted octanol–water partition coefficient (Wildman–Crippen LogP) is 3.22. The molecular formula is C15H12FN2O. The fourth-order valence-electron chi connectivity index (χ4n) is 2.12. The maximum Gasteiger partial charge on any atom is 0.165 e. The molecule has 0 aliphatic carbocycles. The minimum Gasteiger partial charge on any atom is -0.504 e. The number of phenols is 1. The number of hydrogen-bond acceptors (Lipinski definition) is 2. The van der Waals surface area contributed by atoms with Gasteiger partial charge < -0.3 is 9.51 Å². The third kappa shape index (κ3) is 1.85. The quantitative estimate of drug-likeness (QED) is 0.763. The van der Waals surface area contributed by atoms with Gasteiger partial charge in [-0.3, -0.25) is 0 Å². The Bertz CT molecular complexity index is 749. The van der Waals surface area contributed by atoms with Crippen LogP contribution in [-0.4, -0.2) is 14.5 Å². The van der Waals surface area contributed by atoms with Gasteiger partial charge in [0.05, 0.1) is 0 Å². The largest absolute Gasteiger partial charge is 0.504 e. The first-order valence-corrected chi connectivity index (χ1v) is 5.94. The van der Waals surface area contributed by atoms with Crippen molar-refractivity contribution in [2.75, 3.05) is 0 Å². The van der Waals surface area contributed by atoms with Crippen LogP contribution < -0.4 is 0 Å². The maximum absolute atomic E-state index is 13.4. The zero-order valence-corrected chi connectivity index (χ0v) is 10.2. The number of pyridine rings is 1. The van der Waals surface area contributed by atoms with Gasteiger partial charge in [-0.05, 0) is 31.5 Å². The fourth-order valence-corrected chi connectivity index (χ4v) is 2.12. The van der Waals surface area contributed by atoms with Gasteiger partial charge in [0, 0.05) is 29.2 Å². The van der Waals surface area contributed by atoms with Crippen LogP contribution in [0.1, 0.15) is 5.69 Å². The second-order valence-electron chi connectivity index (χ2n) is 4.28. The lowest BCUT2D eigenvalue weighted by Crippen LogP contribution is -1.92. The van der Waals surface area contributed by atoms with Crippen molar-refractivity contribution in [1.82, 2.24) is 9.38 Å². The van der Waals surface area contributed by atoms with Crippen molar-refractivity contribution >= 4 is 5.65 Å². The molecule has 0 saturated heterocycles. The normalized spacial score (nSPS) is 11.1. The number of imidazole rings is 1. The second-order valence-corrected chi connectivity index (χ2v) is 4.28. The van der Waals surface area contributed by atoms with Crippen LogP contribution in [0.3, 0.4) is 0 Å². The Kier molecular flexibility index (Phi) is 2.71.